The summed E-state index contributed by atoms with van der Waals surface area (Å²) in [6, 6.07) is 20.6. The summed E-state index contributed by atoms with van der Waals surface area (Å²) >= 11 is 0. The van der Waals surface area contributed by atoms with Crippen molar-refractivity contribution in [2.24, 2.45) is 5.41 Å². The Bertz CT molecular complexity index is 760. The maximum atomic E-state index is 13.0. The highest BCUT2D eigenvalue weighted by atomic mass is 16.2. The number of carbonyl (C=O) groups excluding carboxylic acids is 1. The highest BCUT2D eigenvalue weighted by molar-refractivity contribution is 5.76. The van der Waals surface area contributed by atoms with Crippen LogP contribution in [0.4, 0.5) is 0 Å². The van der Waals surface area contributed by atoms with Gasteiger partial charge in [-0.2, -0.15) is 0 Å². The molecule has 0 spiro atoms. The smallest absolute Gasteiger partial charge is 0.223 e. The van der Waals surface area contributed by atoms with Crippen LogP contribution in [-0.2, 0) is 17.9 Å². The van der Waals surface area contributed by atoms with Crippen LogP contribution in [0.2, 0.25) is 0 Å². The first kappa shape index (κ1) is 26.6. The van der Waals surface area contributed by atoms with Crippen molar-refractivity contribution in [3.63, 3.8) is 0 Å². The zero-order chi connectivity index (χ0) is 23.8. The van der Waals surface area contributed by atoms with Gasteiger partial charge in [0.25, 0.3) is 0 Å². The van der Waals surface area contributed by atoms with Crippen molar-refractivity contribution in [3.8, 4) is 0 Å². The second-order valence-corrected chi connectivity index (χ2v) is 9.64. The number of carbonyl (C=O) groups is 1. The third kappa shape index (κ3) is 10.7. The molecule has 0 aliphatic heterocycles. The summed E-state index contributed by atoms with van der Waals surface area (Å²) in [5, 5.41) is 0. The molecule has 0 heterocycles. The molecule has 0 bridgehead atoms. The summed E-state index contributed by atoms with van der Waals surface area (Å²) in [6.45, 7) is 11.5. The van der Waals surface area contributed by atoms with E-state index in [9.17, 15) is 4.79 Å². The van der Waals surface area contributed by atoms with E-state index < -0.39 is 0 Å². The maximum absolute atomic E-state index is 13.0. The van der Waals surface area contributed by atoms with Gasteiger partial charge in [0.05, 0.1) is 0 Å². The van der Waals surface area contributed by atoms with Crippen LogP contribution in [0.1, 0.15) is 82.3 Å². The van der Waals surface area contributed by atoms with Crippen LogP contribution in [0.5, 0.6) is 0 Å². The Hall–Kier alpha value is -2.61. The van der Waals surface area contributed by atoms with Gasteiger partial charge in [0.15, 0.2) is 0 Å². The summed E-state index contributed by atoms with van der Waals surface area (Å²) in [4.78, 5) is 15.0. The van der Waals surface area contributed by atoms with Crippen molar-refractivity contribution >= 4 is 5.91 Å². The lowest BCUT2D eigenvalue weighted by molar-refractivity contribution is -0.132. The van der Waals surface area contributed by atoms with Crippen LogP contribution < -0.4 is 0 Å². The van der Waals surface area contributed by atoms with Crippen LogP contribution in [0, 0.1) is 5.41 Å². The van der Waals surface area contributed by atoms with Gasteiger partial charge < -0.3 is 4.90 Å². The molecule has 0 aromatic heterocycles. The van der Waals surface area contributed by atoms with E-state index >= 15 is 0 Å². The van der Waals surface area contributed by atoms with Gasteiger partial charge in [-0.15, -0.1) is 13.2 Å². The van der Waals surface area contributed by atoms with E-state index in [1.54, 1.807) is 0 Å². The largest absolute Gasteiger partial charge is 0.334 e. The van der Waals surface area contributed by atoms with Gasteiger partial charge in [-0.1, -0.05) is 112 Å². The van der Waals surface area contributed by atoms with E-state index in [1.165, 1.54) is 43.2 Å². The quantitative estimate of drug-likeness (QED) is 0.176. The van der Waals surface area contributed by atoms with Crippen LogP contribution in [0.3, 0.4) is 0 Å². The summed E-state index contributed by atoms with van der Waals surface area (Å²) in [5.41, 5.74) is 2.68. The number of rotatable bonds is 17. The van der Waals surface area contributed by atoms with Crippen molar-refractivity contribution in [2.45, 2.75) is 84.2 Å². The van der Waals surface area contributed by atoms with Crippen LogP contribution in [-0.4, -0.2) is 10.8 Å². The number of nitrogens with zero attached hydrogens (tertiary/aromatic N) is 1. The molecule has 0 aliphatic carbocycles. The Morgan fingerprint density at radius 2 is 1.21 bits per heavy atom. The third-order valence-corrected chi connectivity index (χ3v) is 6.48. The molecule has 1 amide bonds. The standard InChI is InChI=1S/C31H43NO/c1-4-23-31(3,24-5-2)25-17-9-7-6-8-16-22-30(33)32(26-28-18-12-10-13-19-28)27-29-20-14-11-15-21-29/h4-5,10-15,18-21H,1-2,6-9,16-17,22-27H2,3H3. The predicted molar refractivity (Wildman–Crippen MR) is 142 cm³/mol. The molecule has 2 nitrogen and oxygen atoms in total. The summed E-state index contributed by atoms with van der Waals surface area (Å²) < 4.78 is 0. The summed E-state index contributed by atoms with van der Waals surface area (Å²) in [7, 11) is 0. The van der Waals surface area contributed by atoms with E-state index in [2.05, 4.69) is 44.3 Å². The molecular weight excluding hydrogens is 402 g/mol. The topological polar surface area (TPSA) is 20.3 Å². The first-order valence-corrected chi connectivity index (χ1v) is 12.6. The first-order valence-electron chi connectivity index (χ1n) is 12.6. The molecule has 0 atom stereocenters. The molecule has 0 unspecified atom stereocenters. The Morgan fingerprint density at radius 1 is 0.758 bits per heavy atom. The lowest BCUT2D eigenvalue weighted by Gasteiger charge is -2.27. The zero-order valence-electron chi connectivity index (χ0n) is 20.7. The lowest BCUT2D eigenvalue weighted by Crippen LogP contribution is -2.29. The van der Waals surface area contributed by atoms with E-state index in [4.69, 9.17) is 0 Å². The molecule has 178 valence electrons. The van der Waals surface area contributed by atoms with Crippen LogP contribution in [0.25, 0.3) is 0 Å². The maximum Gasteiger partial charge on any atom is 0.223 e. The zero-order valence-corrected chi connectivity index (χ0v) is 20.7. The molecule has 0 radical (unpaired) electrons. The summed E-state index contributed by atoms with van der Waals surface area (Å²) in [6.07, 6.45) is 15.2. The monoisotopic (exact) mass is 445 g/mol. The number of allylic oxidation sites excluding steroid dienone is 2. The highest BCUT2D eigenvalue weighted by Crippen LogP contribution is 2.33. The number of hydrogen-bond donors (Lipinski definition) is 0. The Morgan fingerprint density at radius 3 is 1.70 bits per heavy atom. The molecule has 2 aromatic rings. The molecule has 0 aliphatic rings. The Kier molecular flexibility index (Phi) is 12.3. The van der Waals surface area contributed by atoms with Crippen molar-refractivity contribution in [2.75, 3.05) is 0 Å². The molecule has 0 N–H and O–H groups in total. The third-order valence-electron chi connectivity index (χ3n) is 6.48. The van der Waals surface area contributed by atoms with Gasteiger partial charge in [-0.3, -0.25) is 4.79 Å². The van der Waals surface area contributed by atoms with E-state index in [1.807, 2.05) is 53.5 Å². The van der Waals surface area contributed by atoms with Gasteiger partial charge in [0.2, 0.25) is 5.91 Å². The molecule has 2 heteroatoms. The van der Waals surface area contributed by atoms with Crippen LogP contribution in [0.15, 0.2) is 86.0 Å². The minimum Gasteiger partial charge on any atom is -0.334 e. The van der Waals surface area contributed by atoms with Gasteiger partial charge in [0.1, 0.15) is 0 Å². The minimum absolute atomic E-state index is 0.257. The van der Waals surface area contributed by atoms with E-state index in [0.717, 1.165) is 25.7 Å². The Labute approximate surface area is 202 Å². The fraction of sp³-hybridized carbons (Fsp3) is 0.452. The van der Waals surface area contributed by atoms with Gasteiger partial charge in [-0.05, 0) is 42.2 Å². The number of benzene rings is 2. The normalized spacial score (nSPS) is 11.2. The molecular formula is C31H43NO. The predicted octanol–water partition coefficient (Wildman–Crippen LogP) is 8.49. The van der Waals surface area contributed by atoms with Crippen molar-refractivity contribution in [1.82, 2.24) is 4.90 Å². The molecule has 2 rings (SSSR count). The second-order valence-electron chi connectivity index (χ2n) is 9.64. The SMILES string of the molecule is C=CCC(C)(CC=C)CCCCCCCCC(=O)N(Cc1ccccc1)Cc1ccccc1. The fourth-order valence-electron chi connectivity index (χ4n) is 4.52. The first-order chi connectivity index (χ1) is 16.1. The van der Waals surface area contributed by atoms with E-state index in [-0.39, 0.29) is 5.91 Å². The molecule has 0 fully saturated rings. The van der Waals surface area contributed by atoms with Crippen LogP contribution >= 0.6 is 0 Å². The highest BCUT2D eigenvalue weighted by Gasteiger charge is 2.20. The Balaban J connectivity index is 1.71. The minimum atomic E-state index is 0.257. The molecule has 0 saturated carbocycles. The van der Waals surface area contributed by atoms with Crippen molar-refractivity contribution in [1.29, 1.82) is 0 Å². The molecule has 2 aromatic carbocycles. The average Bonchev–Trinajstić information content (AvgIpc) is 2.82. The fourth-order valence-corrected chi connectivity index (χ4v) is 4.52. The van der Waals surface area contributed by atoms with E-state index in [0.29, 0.717) is 24.9 Å². The lowest BCUT2D eigenvalue weighted by atomic mass is 9.78. The van der Waals surface area contributed by atoms with Crippen molar-refractivity contribution < 1.29 is 4.79 Å². The average molecular weight is 446 g/mol. The second kappa shape index (κ2) is 15.3. The van der Waals surface area contributed by atoms with Crippen molar-refractivity contribution in [3.05, 3.63) is 97.1 Å². The van der Waals surface area contributed by atoms with Gasteiger partial charge in [0, 0.05) is 19.5 Å². The molecule has 0 saturated heterocycles. The number of hydrogen-bond acceptors (Lipinski definition) is 1. The van der Waals surface area contributed by atoms with Gasteiger partial charge in [-0.25, -0.2) is 0 Å². The summed E-state index contributed by atoms with van der Waals surface area (Å²) in [5.74, 6) is 0.257. The number of amides is 1. The number of unbranched alkanes of at least 4 members (excludes halogenated alkanes) is 5. The van der Waals surface area contributed by atoms with Gasteiger partial charge >= 0.3 is 0 Å². The molecule has 33 heavy (non-hydrogen) atoms.